The number of hydroxylamine groups is 2. The number of rotatable bonds is 2. The van der Waals surface area contributed by atoms with E-state index in [0.717, 1.165) is 25.9 Å². The smallest absolute Gasteiger partial charge is 0.281 e. The highest BCUT2D eigenvalue weighted by molar-refractivity contribution is 5.97. The third kappa shape index (κ3) is 3.05. The second-order valence-electron chi connectivity index (χ2n) is 7.36. The molecule has 5 nitrogen and oxygen atoms in total. The Balaban J connectivity index is 1.57. The molecule has 0 saturated carbocycles. The van der Waals surface area contributed by atoms with E-state index in [4.69, 9.17) is 0 Å². The summed E-state index contributed by atoms with van der Waals surface area (Å²) in [7, 11) is 0. The topological polar surface area (TPSA) is 69.6 Å². The van der Waals surface area contributed by atoms with E-state index in [1.165, 1.54) is 30.0 Å². The summed E-state index contributed by atoms with van der Waals surface area (Å²) < 4.78 is 0. The van der Waals surface area contributed by atoms with Gasteiger partial charge in [0, 0.05) is 12.1 Å². The molecule has 1 aliphatic heterocycles. The largest absolute Gasteiger partial charge is 0.316 e. The molecule has 1 aromatic carbocycles. The van der Waals surface area contributed by atoms with Gasteiger partial charge in [0.1, 0.15) is 0 Å². The predicted molar refractivity (Wildman–Crippen MR) is 93.2 cm³/mol. The van der Waals surface area contributed by atoms with Crippen molar-refractivity contribution in [3.63, 3.8) is 0 Å². The third-order valence-electron chi connectivity index (χ3n) is 5.67. The molecular weight excluding hydrogens is 316 g/mol. The molecular formula is C20H22N2O3. The van der Waals surface area contributed by atoms with Crippen LogP contribution in [0, 0.1) is 5.41 Å². The molecule has 0 radical (unpaired) electrons. The number of ketones is 1. The van der Waals surface area contributed by atoms with Crippen molar-refractivity contribution in [2.75, 3.05) is 13.1 Å². The Morgan fingerprint density at radius 2 is 2.12 bits per heavy atom. The quantitative estimate of drug-likeness (QED) is 0.642. The molecule has 1 amide bonds. The molecule has 2 aliphatic carbocycles. The molecule has 1 heterocycles. The highest BCUT2D eigenvalue weighted by atomic mass is 16.5. The maximum atomic E-state index is 12.6. The van der Waals surface area contributed by atoms with Crippen molar-refractivity contribution in [3.05, 3.63) is 58.8 Å². The number of nitrogens with one attached hydrogen (secondary N) is 1. The Bertz CT molecular complexity index is 788. The summed E-state index contributed by atoms with van der Waals surface area (Å²) in [4.78, 5) is 24.1. The molecule has 4 rings (SSSR count). The molecule has 1 aromatic rings. The van der Waals surface area contributed by atoms with Gasteiger partial charge in [-0.2, -0.15) is 5.06 Å². The van der Waals surface area contributed by atoms with Gasteiger partial charge in [-0.05, 0) is 73.1 Å². The Morgan fingerprint density at radius 3 is 2.88 bits per heavy atom. The number of nitrogens with zero attached hydrogens (tertiary/aromatic N) is 1. The van der Waals surface area contributed by atoms with Gasteiger partial charge in [0.05, 0.1) is 12.1 Å². The Morgan fingerprint density at radius 1 is 1.24 bits per heavy atom. The van der Waals surface area contributed by atoms with E-state index in [0.29, 0.717) is 21.7 Å². The minimum Gasteiger partial charge on any atom is -0.316 e. The first-order valence-electron chi connectivity index (χ1n) is 8.82. The van der Waals surface area contributed by atoms with Crippen LogP contribution >= 0.6 is 0 Å². The summed E-state index contributed by atoms with van der Waals surface area (Å²) in [6.07, 6.45) is 9.02. The second kappa shape index (κ2) is 6.24. The van der Waals surface area contributed by atoms with Crippen LogP contribution in [0.1, 0.15) is 40.7 Å². The molecule has 25 heavy (non-hydrogen) atoms. The minimum atomic E-state index is -0.485. The van der Waals surface area contributed by atoms with Crippen molar-refractivity contribution in [1.82, 2.24) is 10.4 Å². The molecule has 0 aromatic heterocycles. The van der Waals surface area contributed by atoms with Gasteiger partial charge in [0.25, 0.3) is 5.91 Å². The van der Waals surface area contributed by atoms with E-state index in [1.54, 1.807) is 18.2 Å². The van der Waals surface area contributed by atoms with Crippen molar-refractivity contribution < 1.29 is 14.8 Å². The standard InChI is InChI=1S/C20H22N2O3/c23-18-3-1-2-17(11-18)22(25)19(24)15-5-4-14-6-7-20(8-9-21-13-20)12-16(14)10-15/h1-5,10,21,25H,6-9,11-13H2/t20-/m0/s1. The van der Waals surface area contributed by atoms with Crippen LogP contribution in [0.3, 0.4) is 0 Å². The lowest BCUT2D eigenvalue weighted by Gasteiger charge is -2.34. The number of benzene rings is 1. The van der Waals surface area contributed by atoms with Gasteiger partial charge < -0.3 is 5.32 Å². The fourth-order valence-corrected chi connectivity index (χ4v) is 4.18. The van der Waals surface area contributed by atoms with E-state index in [-0.39, 0.29) is 12.2 Å². The lowest BCUT2D eigenvalue weighted by Crippen LogP contribution is -2.32. The van der Waals surface area contributed by atoms with Crippen LogP contribution in [-0.2, 0) is 17.6 Å². The SMILES string of the molecule is O=C1C=CC=C(N(O)C(=O)c2ccc3c(c2)C[C@@]2(CCNC2)CC3)C1. The number of amides is 1. The minimum absolute atomic E-state index is 0.0401. The lowest BCUT2D eigenvalue weighted by atomic mass is 9.71. The monoisotopic (exact) mass is 338 g/mol. The average Bonchev–Trinajstić information content (AvgIpc) is 3.07. The summed E-state index contributed by atoms with van der Waals surface area (Å²) in [6, 6.07) is 5.70. The first-order chi connectivity index (χ1) is 12.1. The van der Waals surface area contributed by atoms with Crippen LogP contribution in [-0.4, -0.2) is 35.1 Å². The van der Waals surface area contributed by atoms with Crippen LogP contribution in [0.15, 0.2) is 42.1 Å². The first-order valence-corrected chi connectivity index (χ1v) is 8.82. The molecule has 1 atom stereocenters. The van der Waals surface area contributed by atoms with Crippen molar-refractivity contribution in [2.24, 2.45) is 5.41 Å². The van der Waals surface area contributed by atoms with Gasteiger partial charge in [-0.1, -0.05) is 12.1 Å². The van der Waals surface area contributed by atoms with Crippen molar-refractivity contribution in [1.29, 1.82) is 0 Å². The predicted octanol–water partition coefficient (Wildman–Crippen LogP) is 2.40. The van der Waals surface area contributed by atoms with E-state index in [2.05, 4.69) is 5.32 Å². The Kier molecular flexibility index (Phi) is 4.06. The Hall–Kier alpha value is -2.24. The van der Waals surface area contributed by atoms with Crippen molar-refractivity contribution >= 4 is 11.7 Å². The zero-order chi connectivity index (χ0) is 17.4. The average molecular weight is 338 g/mol. The lowest BCUT2D eigenvalue weighted by molar-refractivity contribution is -0.115. The van der Waals surface area contributed by atoms with E-state index in [1.807, 2.05) is 12.1 Å². The zero-order valence-corrected chi connectivity index (χ0v) is 14.1. The van der Waals surface area contributed by atoms with Gasteiger partial charge >= 0.3 is 0 Å². The van der Waals surface area contributed by atoms with Gasteiger partial charge in [-0.25, -0.2) is 0 Å². The van der Waals surface area contributed by atoms with Gasteiger partial charge in [0.15, 0.2) is 5.78 Å². The number of carbonyl (C=O) groups is 2. The van der Waals surface area contributed by atoms with Crippen LogP contribution in [0.2, 0.25) is 0 Å². The van der Waals surface area contributed by atoms with Crippen LogP contribution in [0.4, 0.5) is 0 Å². The highest BCUT2D eigenvalue weighted by Crippen LogP contribution is 2.40. The molecule has 2 N–H and O–H groups in total. The highest BCUT2D eigenvalue weighted by Gasteiger charge is 2.37. The van der Waals surface area contributed by atoms with Crippen molar-refractivity contribution in [3.8, 4) is 0 Å². The molecule has 1 fully saturated rings. The van der Waals surface area contributed by atoms with Crippen LogP contribution < -0.4 is 5.32 Å². The molecule has 1 saturated heterocycles. The number of carbonyl (C=O) groups excluding carboxylic acids is 2. The zero-order valence-electron chi connectivity index (χ0n) is 14.1. The normalized spacial score (nSPS) is 25.0. The second-order valence-corrected chi connectivity index (χ2v) is 7.36. The number of allylic oxidation sites excluding steroid dienone is 4. The number of aryl methyl sites for hydroxylation is 1. The van der Waals surface area contributed by atoms with E-state index >= 15 is 0 Å². The third-order valence-corrected chi connectivity index (χ3v) is 5.67. The Labute approximate surface area is 147 Å². The van der Waals surface area contributed by atoms with E-state index < -0.39 is 5.91 Å². The van der Waals surface area contributed by atoms with Gasteiger partial charge in [0.2, 0.25) is 0 Å². The number of hydrogen-bond donors (Lipinski definition) is 2. The molecule has 5 heteroatoms. The van der Waals surface area contributed by atoms with Gasteiger partial charge in [-0.15, -0.1) is 0 Å². The summed E-state index contributed by atoms with van der Waals surface area (Å²) in [6.45, 7) is 2.10. The first kappa shape index (κ1) is 16.2. The molecule has 3 aliphatic rings. The summed E-state index contributed by atoms with van der Waals surface area (Å²) in [5.74, 6) is -0.605. The van der Waals surface area contributed by atoms with E-state index in [9.17, 15) is 14.8 Å². The maximum absolute atomic E-state index is 12.6. The molecule has 130 valence electrons. The summed E-state index contributed by atoms with van der Waals surface area (Å²) in [5, 5.41) is 14.3. The number of fused-ring (bicyclic) bond motifs is 1. The fraction of sp³-hybridized carbons (Fsp3) is 0.400. The molecule has 1 spiro atoms. The molecule has 0 unspecified atom stereocenters. The van der Waals surface area contributed by atoms with Crippen molar-refractivity contribution in [2.45, 2.75) is 32.1 Å². The maximum Gasteiger partial charge on any atom is 0.281 e. The van der Waals surface area contributed by atoms with Crippen LogP contribution in [0.25, 0.3) is 0 Å². The van der Waals surface area contributed by atoms with Crippen LogP contribution in [0.5, 0.6) is 0 Å². The summed E-state index contributed by atoms with van der Waals surface area (Å²) >= 11 is 0. The fourth-order valence-electron chi connectivity index (χ4n) is 4.18. The van der Waals surface area contributed by atoms with Gasteiger partial charge in [-0.3, -0.25) is 14.8 Å². The number of hydrogen-bond acceptors (Lipinski definition) is 4. The molecule has 0 bridgehead atoms. The summed E-state index contributed by atoms with van der Waals surface area (Å²) in [5.41, 5.74) is 3.60.